The fourth-order valence-corrected chi connectivity index (χ4v) is 2.52. The number of rotatable bonds is 5. The van der Waals surface area contributed by atoms with Crippen molar-refractivity contribution in [2.24, 2.45) is 0 Å². The number of hydrogen-bond acceptors (Lipinski definition) is 4. The Kier molecular flexibility index (Phi) is 5.60. The Labute approximate surface area is 137 Å². The Morgan fingerprint density at radius 1 is 1.36 bits per heavy atom. The topological polar surface area (TPSA) is 71.5 Å². The zero-order valence-corrected chi connectivity index (χ0v) is 13.2. The van der Waals surface area contributed by atoms with Crippen molar-refractivity contribution in [2.45, 2.75) is 6.10 Å². The molecule has 0 bridgehead atoms. The van der Waals surface area contributed by atoms with Crippen LogP contribution in [0, 0.1) is 0 Å². The highest BCUT2D eigenvalue weighted by Gasteiger charge is 2.17. The normalized spacial score (nSPS) is 11.8. The molecule has 0 aliphatic heterocycles. The van der Waals surface area contributed by atoms with E-state index < -0.39 is 12.0 Å². The van der Waals surface area contributed by atoms with Gasteiger partial charge in [0.1, 0.15) is 11.4 Å². The van der Waals surface area contributed by atoms with Gasteiger partial charge in [0.05, 0.1) is 13.2 Å². The number of amides is 1. The van der Waals surface area contributed by atoms with E-state index in [1.165, 1.54) is 19.4 Å². The van der Waals surface area contributed by atoms with Gasteiger partial charge >= 0.3 is 0 Å². The Morgan fingerprint density at radius 3 is 2.68 bits per heavy atom. The van der Waals surface area contributed by atoms with E-state index in [4.69, 9.17) is 27.9 Å². The fraction of sp³-hybridized carbons (Fsp3) is 0.200. The Balaban J connectivity index is 2.04. The molecule has 2 rings (SSSR count). The minimum absolute atomic E-state index is 0.0405. The lowest BCUT2D eigenvalue weighted by Crippen LogP contribution is -2.29. The van der Waals surface area contributed by atoms with Gasteiger partial charge in [-0.2, -0.15) is 0 Å². The fourth-order valence-electron chi connectivity index (χ4n) is 1.87. The number of carbonyl (C=O) groups is 1. The highest BCUT2D eigenvalue weighted by atomic mass is 35.5. The third-order valence-corrected chi connectivity index (χ3v) is 3.65. The quantitative estimate of drug-likeness (QED) is 0.877. The summed E-state index contributed by atoms with van der Waals surface area (Å²) in [4.78, 5) is 16.0. The number of aliphatic hydroxyl groups excluding tert-OH is 1. The van der Waals surface area contributed by atoms with Crippen LogP contribution in [0.25, 0.3) is 0 Å². The van der Waals surface area contributed by atoms with Gasteiger partial charge in [0, 0.05) is 34.4 Å². The molecular formula is C15H14Cl2N2O3. The van der Waals surface area contributed by atoms with Crippen LogP contribution in [-0.4, -0.2) is 29.7 Å². The van der Waals surface area contributed by atoms with Gasteiger partial charge in [-0.1, -0.05) is 29.3 Å². The maximum atomic E-state index is 12.0. The number of ether oxygens (including phenoxy) is 1. The van der Waals surface area contributed by atoms with Crippen LogP contribution in [0.5, 0.6) is 5.75 Å². The molecule has 0 aliphatic carbocycles. The molecular weight excluding hydrogens is 327 g/mol. The Morgan fingerprint density at radius 2 is 2.05 bits per heavy atom. The van der Waals surface area contributed by atoms with E-state index in [9.17, 15) is 9.90 Å². The molecule has 2 aromatic rings. The predicted molar refractivity (Wildman–Crippen MR) is 84.5 cm³/mol. The molecule has 0 fully saturated rings. The van der Waals surface area contributed by atoms with Crippen LogP contribution in [-0.2, 0) is 0 Å². The van der Waals surface area contributed by atoms with E-state index in [1.807, 2.05) is 0 Å². The highest BCUT2D eigenvalue weighted by Crippen LogP contribution is 2.29. The van der Waals surface area contributed by atoms with Gasteiger partial charge in [0.25, 0.3) is 5.91 Å². The summed E-state index contributed by atoms with van der Waals surface area (Å²) in [7, 11) is 1.50. The van der Waals surface area contributed by atoms with Gasteiger partial charge in [-0.25, -0.2) is 0 Å². The van der Waals surface area contributed by atoms with Crippen molar-refractivity contribution in [2.75, 3.05) is 13.7 Å². The SMILES string of the molecule is COc1ccnc(C(=O)NCC(O)c2c(Cl)cccc2Cl)c1. The number of nitrogens with one attached hydrogen (secondary N) is 1. The summed E-state index contributed by atoms with van der Waals surface area (Å²) in [6.45, 7) is -0.0405. The third-order valence-electron chi connectivity index (χ3n) is 2.99. The van der Waals surface area contributed by atoms with Crippen LogP contribution in [0.3, 0.4) is 0 Å². The minimum Gasteiger partial charge on any atom is -0.497 e. The van der Waals surface area contributed by atoms with Crippen LogP contribution in [0.1, 0.15) is 22.2 Å². The monoisotopic (exact) mass is 340 g/mol. The van der Waals surface area contributed by atoms with Crippen LogP contribution < -0.4 is 10.1 Å². The molecule has 1 atom stereocenters. The number of carbonyl (C=O) groups excluding carboxylic acids is 1. The molecule has 1 aromatic carbocycles. The second-order valence-corrected chi connectivity index (χ2v) is 5.26. The van der Waals surface area contributed by atoms with Crippen molar-refractivity contribution < 1.29 is 14.6 Å². The molecule has 116 valence electrons. The maximum absolute atomic E-state index is 12.0. The van der Waals surface area contributed by atoms with Crippen molar-refractivity contribution in [3.8, 4) is 5.75 Å². The van der Waals surface area contributed by atoms with Crippen LogP contribution in [0.15, 0.2) is 36.5 Å². The van der Waals surface area contributed by atoms with Crippen molar-refractivity contribution in [1.29, 1.82) is 0 Å². The second kappa shape index (κ2) is 7.45. The van der Waals surface area contributed by atoms with Crippen molar-refractivity contribution in [1.82, 2.24) is 10.3 Å². The van der Waals surface area contributed by atoms with E-state index >= 15 is 0 Å². The van der Waals surface area contributed by atoms with E-state index in [0.717, 1.165) is 0 Å². The zero-order chi connectivity index (χ0) is 16.1. The second-order valence-electron chi connectivity index (χ2n) is 4.44. The molecule has 0 aliphatic rings. The number of hydrogen-bond donors (Lipinski definition) is 2. The summed E-state index contributed by atoms with van der Waals surface area (Å²) in [5.41, 5.74) is 0.571. The summed E-state index contributed by atoms with van der Waals surface area (Å²) >= 11 is 12.0. The van der Waals surface area contributed by atoms with E-state index in [1.54, 1.807) is 24.3 Å². The average molecular weight is 341 g/mol. The van der Waals surface area contributed by atoms with E-state index in [0.29, 0.717) is 21.4 Å². The highest BCUT2D eigenvalue weighted by molar-refractivity contribution is 6.36. The lowest BCUT2D eigenvalue weighted by atomic mass is 10.1. The summed E-state index contributed by atoms with van der Waals surface area (Å²) < 4.78 is 5.03. The van der Waals surface area contributed by atoms with E-state index in [2.05, 4.69) is 10.3 Å². The standard InChI is InChI=1S/C15H14Cl2N2O3/c1-22-9-5-6-18-12(7-9)15(21)19-8-13(20)14-10(16)3-2-4-11(14)17/h2-7,13,20H,8H2,1H3,(H,19,21). The first kappa shape index (κ1) is 16.5. The molecule has 1 amide bonds. The van der Waals surface area contributed by atoms with Gasteiger partial charge in [0.15, 0.2) is 0 Å². The molecule has 1 aromatic heterocycles. The number of aliphatic hydroxyl groups is 1. The van der Waals surface area contributed by atoms with Crippen LogP contribution in [0.2, 0.25) is 10.0 Å². The van der Waals surface area contributed by atoms with Crippen molar-refractivity contribution in [3.63, 3.8) is 0 Å². The first-order valence-electron chi connectivity index (χ1n) is 6.43. The molecule has 2 N–H and O–H groups in total. The number of halogens is 2. The largest absolute Gasteiger partial charge is 0.497 e. The van der Waals surface area contributed by atoms with Crippen molar-refractivity contribution >= 4 is 29.1 Å². The molecule has 1 unspecified atom stereocenters. The third kappa shape index (κ3) is 3.88. The molecule has 22 heavy (non-hydrogen) atoms. The molecule has 0 saturated carbocycles. The van der Waals surface area contributed by atoms with Gasteiger partial charge in [0.2, 0.25) is 0 Å². The van der Waals surface area contributed by atoms with Gasteiger partial charge in [-0.15, -0.1) is 0 Å². The molecule has 1 heterocycles. The number of pyridine rings is 1. The summed E-state index contributed by atoms with van der Waals surface area (Å²) in [6, 6.07) is 8.06. The van der Waals surface area contributed by atoms with E-state index in [-0.39, 0.29) is 12.2 Å². The number of benzene rings is 1. The lowest BCUT2D eigenvalue weighted by Gasteiger charge is -2.15. The summed E-state index contributed by atoms with van der Waals surface area (Å²) in [5.74, 6) is 0.0935. The lowest BCUT2D eigenvalue weighted by molar-refractivity contribution is 0.0911. The average Bonchev–Trinajstić information content (AvgIpc) is 2.52. The first-order chi connectivity index (χ1) is 10.5. The summed E-state index contributed by atoms with van der Waals surface area (Å²) in [5, 5.41) is 13.4. The maximum Gasteiger partial charge on any atom is 0.270 e. The molecule has 0 spiro atoms. The Bertz CT molecular complexity index is 659. The van der Waals surface area contributed by atoms with Gasteiger partial charge < -0.3 is 15.2 Å². The molecule has 7 heteroatoms. The van der Waals surface area contributed by atoms with Crippen molar-refractivity contribution in [3.05, 3.63) is 57.8 Å². The number of methoxy groups -OCH3 is 1. The number of aromatic nitrogens is 1. The molecule has 5 nitrogen and oxygen atoms in total. The minimum atomic E-state index is -1.02. The van der Waals surface area contributed by atoms with Gasteiger partial charge in [-0.3, -0.25) is 9.78 Å². The van der Waals surface area contributed by atoms with Crippen LogP contribution >= 0.6 is 23.2 Å². The Hall–Kier alpha value is -1.82. The molecule has 0 saturated heterocycles. The number of nitrogens with zero attached hydrogens (tertiary/aromatic N) is 1. The van der Waals surface area contributed by atoms with Crippen LogP contribution in [0.4, 0.5) is 0 Å². The summed E-state index contributed by atoms with van der Waals surface area (Å²) in [6.07, 6.45) is 0.450. The zero-order valence-electron chi connectivity index (χ0n) is 11.7. The smallest absolute Gasteiger partial charge is 0.270 e. The molecule has 0 radical (unpaired) electrons. The predicted octanol–water partition coefficient (Wildman–Crippen LogP) is 2.86. The first-order valence-corrected chi connectivity index (χ1v) is 7.18. The van der Waals surface area contributed by atoms with Gasteiger partial charge in [-0.05, 0) is 18.2 Å².